The van der Waals surface area contributed by atoms with Crippen LogP contribution in [0.15, 0.2) is 79.1 Å². The van der Waals surface area contributed by atoms with Crippen LogP contribution < -0.4 is 5.43 Å². The fourth-order valence-electron chi connectivity index (χ4n) is 2.53. The molecule has 0 fully saturated rings. The van der Waals surface area contributed by atoms with Crippen LogP contribution in [0.4, 0.5) is 0 Å². The average molecular weight is 444 g/mol. The molecule has 2 aromatic carbocycles. The monoisotopic (exact) mass is 442 g/mol. The van der Waals surface area contributed by atoms with E-state index in [9.17, 15) is 4.79 Å². The number of hydrogen-bond acceptors (Lipinski definition) is 4. The maximum Gasteiger partial charge on any atom is 0.307 e. The van der Waals surface area contributed by atoms with Crippen LogP contribution in [-0.4, -0.2) is 12.1 Å². The molecule has 27 heavy (non-hydrogen) atoms. The number of furan rings is 2. The molecule has 0 saturated carbocycles. The minimum atomic E-state index is -0.442. The van der Waals surface area contributed by atoms with Gasteiger partial charge in [-0.3, -0.25) is 4.79 Å². The normalized spacial score (nSPS) is 11.3. The van der Waals surface area contributed by atoms with Crippen LogP contribution in [0, 0.1) is 0 Å². The molecule has 2 heterocycles. The van der Waals surface area contributed by atoms with Crippen LogP contribution in [0.25, 0.3) is 22.3 Å². The highest BCUT2D eigenvalue weighted by atomic mass is 79.9. The maximum absolute atomic E-state index is 12.2. The van der Waals surface area contributed by atoms with Crippen LogP contribution >= 0.6 is 27.5 Å². The van der Waals surface area contributed by atoms with Crippen molar-refractivity contribution >= 4 is 50.6 Å². The maximum atomic E-state index is 12.2. The lowest BCUT2D eigenvalue weighted by atomic mass is 10.2. The molecule has 0 saturated heterocycles. The zero-order valence-electron chi connectivity index (χ0n) is 13.8. The molecule has 1 N–H and O–H groups in total. The second-order valence-electron chi connectivity index (χ2n) is 5.70. The van der Waals surface area contributed by atoms with Gasteiger partial charge in [0.05, 0.1) is 6.21 Å². The summed E-state index contributed by atoms with van der Waals surface area (Å²) in [6.45, 7) is 0. The number of benzene rings is 2. The van der Waals surface area contributed by atoms with Gasteiger partial charge in [0.1, 0.15) is 17.1 Å². The Kier molecular flexibility index (Phi) is 4.83. The van der Waals surface area contributed by atoms with Crippen molar-refractivity contribution < 1.29 is 13.6 Å². The first kappa shape index (κ1) is 17.6. The molecule has 0 spiro atoms. The lowest BCUT2D eigenvalue weighted by Crippen LogP contribution is -2.16. The molecular weight excluding hydrogens is 432 g/mol. The topological polar surface area (TPSA) is 67.7 Å². The third-order valence-electron chi connectivity index (χ3n) is 3.82. The van der Waals surface area contributed by atoms with Gasteiger partial charge in [0.25, 0.3) is 0 Å². The molecule has 0 bridgehead atoms. The molecular formula is C20H12BrClN2O3. The van der Waals surface area contributed by atoms with Gasteiger partial charge < -0.3 is 8.83 Å². The van der Waals surface area contributed by atoms with Gasteiger partial charge in [-0.05, 0) is 60.7 Å². The molecule has 0 aliphatic heterocycles. The van der Waals surface area contributed by atoms with Crippen LogP contribution in [0.3, 0.4) is 0 Å². The van der Waals surface area contributed by atoms with Crippen molar-refractivity contribution in [2.75, 3.05) is 0 Å². The number of rotatable bonds is 4. The van der Waals surface area contributed by atoms with E-state index < -0.39 is 5.91 Å². The van der Waals surface area contributed by atoms with Crippen molar-refractivity contribution in [3.8, 4) is 11.3 Å². The van der Waals surface area contributed by atoms with Crippen LogP contribution in [0.5, 0.6) is 0 Å². The standard InChI is InChI=1S/C20H12BrClN2O3/c21-14-3-7-18-13(9-14)10-19(27-18)20(25)24-23-11-16-6-8-17(26-16)12-1-4-15(22)5-2-12/h1-11H,(H,24,25)/b23-11+. The van der Waals surface area contributed by atoms with Gasteiger partial charge in [0.2, 0.25) is 0 Å². The second kappa shape index (κ2) is 7.42. The van der Waals surface area contributed by atoms with E-state index in [4.69, 9.17) is 20.4 Å². The van der Waals surface area contributed by atoms with Crippen LogP contribution in [0.2, 0.25) is 5.02 Å². The van der Waals surface area contributed by atoms with E-state index in [0.717, 1.165) is 15.4 Å². The Labute approximate surface area is 167 Å². The fourth-order valence-corrected chi connectivity index (χ4v) is 3.03. The predicted octanol–water partition coefficient (Wildman–Crippen LogP) is 5.87. The quantitative estimate of drug-likeness (QED) is 0.317. The predicted molar refractivity (Wildman–Crippen MR) is 108 cm³/mol. The lowest BCUT2D eigenvalue weighted by Gasteiger charge is -1.96. The van der Waals surface area contributed by atoms with Crippen LogP contribution in [-0.2, 0) is 0 Å². The largest absolute Gasteiger partial charge is 0.455 e. The molecule has 0 atom stereocenters. The summed E-state index contributed by atoms with van der Waals surface area (Å²) in [6, 6.07) is 18.1. The van der Waals surface area contributed by atoms with Gasteiger partial charge in [-0.2, -0.15) is 5.10 Å². The molecule has 0 radical (unpaired) electrons. The van der Waals surface area contributed by atoms with Crippen LogP contribution in [0.1, 0.15) is 16.3 Å². The fraction of sp³-hybridized carbons (Fsp3) is 0. The summed E-state index contributed by atoms with van der Waals surface area (Å²) in [5.41, 5.74) is 3.96. The number of nitrogens with one attached hydrogen (secondary N) is 1. The summed E-state index contributed by atoms with van der Waals surface area (Å²) in [7, 11) is 0. The van der Waals surface area contributed by atoms with Gasteiger partial charge in [-0.1, -0.05) is 27.5 Å². The molecule has 134 valence electrons. The Morgan fingerprint density at radius 2 is 1.85 bits per heavy atom. The molecule has 0 aliphatic rings. The number of carbonyl (C=O) groups excluding carboxylic acids is 1. The Hall–Kier alpha value is -2.83. The molecule has 4 rings (SSSR count). The molecule has 7 heteroatoms. The van der Waals surface area contributed by atoms with Crippen molar-refractivity contribution in [2.24, 2.45) is 5.10 Å². The average Bonchev–Trinajstić information content (AvgIpc) is 3.29. The van der Waals surface area contributed by atoms with Gasteiger partial charge >= 0.3 is 5.91 Å². The summed E-state index contributed by atoms with van der Waals surface area (Å²) in [5.74, 6) is 0.931. The summed E-state index contributed by atoms with van der Waals surface area (Å²) >= 11 is 9.27. The minimum absolute atomic E-state index is 0.182. The second-order valence-corrected chi connectivity index (χ2v) is 7.05. The van der Waals surface area contributed by atoms with Crippen molar-refractivity contribution in [3.05, 3.63) is 81.7 Å². The zero-order valence-corrected chi connectivity index (χ0v) is 16.1. The molecule has 0 unspecified atom stereocenters. The summed E-state index contributed by atoms with van der Waals surface area (Å²) in [5, 5.41) is 5.41. The third kappa shape index (κ3) is 3.97. The third-order valence-corrected chi connectivity index (χ3v) is 4.56. The van der Waals surface area contributed by atoms with E-state index in [0.29, 0.717) is 22.1 Å². The van der Waals surface area contributed by atoms with Gasteiger partial charge in [-0.15, -0.1) is 0 Å². The van der Waals surface area contributed by atoms with Crippen molar-refractivity contribution in [3.63, 3.8) is 0 Å². The number of amides is 1. The molecule has 5 nitrogen and oxygen atoms in total. The van der Waals surface area contributed by atoms with Crippen molar-refractivity contribution in [2.45, 2.75) is 0 Å². The van der Waals surface area contributed by atoms with Crippen molar-refractivity contribution in [1.82, 2.24) is 5.43 Å². The van der Waals surface area contributed by atoms with E-state index >= 15 is 0 Å². The number of fused-ring (bicyclic) bond motifs is 1. The highest BCUT2D eigenvalue weighted by Crippen LogP contribution is 2.24. The summed E-state index contributed by atoms with van der Waals surface area (Å²) < 4.78 is 12.1. The van der Waals surface area contributed by atoms with Gasteiger partial charge in [0, 0.05) is 20.4 Å². The highest BCUT2D eigenvalue weighted by molar-refractivity contribution is 9.10. The summed E-state index contributed by atoms with van der Waals surface area (Å²) in [6.07, 6.45) is 1.43. The minimum Gasteiger partial charge on any atom is -0.455 e. The first-order valence-corrected chi connectivity index (χ1v) is 9.14. The number of nitrogens with zero attached hydrogens (tertiary/aromatic N) is 1. The van der Waals surface area contributed by atoms with E-state index in [2.05, 4.69) is 26.5 Å². The SMILES string of the molecule is O=C(N/N=C/c1ccc(-c2ccc(Cl)cc2)o1)c1cc2cc(Br)ccc2o1. The molecule has 0 aliphatic carbocycles. The number of hydrazone groups is 1. The lowest BCUT2D eigenvalue weighted by molar-refractivity contribution is 0.0929. The number of halogens is 2. The Balaban J connectivity index is 1.44. The van der Waals surface area contributed by atoms with E-state index in [-0.39, 0.29) is 5.76 Å². The molecule has 4 aromatic rings. The van der Waals surface area contributed by atoms with E-state index in [1.54, 1.807) is 30.3 Å². The van der Waals surface area contributed by atoms with Crippen molar-refractivity contribution in [1.29, 1.82) is 0 Å². The summed E-state index contributed by atoms with van der Waals surface area (Å²) in [4.78, 5) is 12.2. The Morgan fingerprint density at radius 1 is 1.04 bits per heavy atom. The first-order valence-electron chi connectivity index (χ1n) is 7.97. The zero-order chi connectivity index (χ0) is 18.8. The van der Waals surface area contributed by atoms with E-state index in [1.165, 1.54) is 6.21 Å². The molecule has 1 amide bonds. The first-order chi connectivity index (χ1) is 13.1. The van der Waals surface area contributed by atoms with Gasteiger partial charge in [-0.25, -0.2) is 5.43 Å². The Bertz CT molecular complexity index is 1150. The Morgan fingerprint density at radius 3 is 2.67 bits per heavy atom. The number of hydrogen-bond donors (Lipinski definition) is 1. The number of carbonyl (C=O) groups is 1. The smallest absolute Gasteiger partial charge is 0.307 e. The van der Waals surface area contributed by atoms with E-state index in [1.807, 2.05) is 30.3 Å². The molecule has 2 aromatic heterocycles. The van der Waals surface area contributed by atoms with Gasteiger partial charge in [0.15, 0.2) is 5.76 Å². The highest BCUT2D eigenvalue weighted by Gasteiger charge is 2.12.